The second kappa shape index (κ2) is 7.15. The molecule has 2 heteroatoms. The van der Waals surface area contributed by atoms with Crippen LogP contribution in [-0.4, -0.2) is 19.5 Å². The maximum absolute atomic E-state index is 12.5. The molecule has 0 aliphatic heterocycles. The summed E-state index contributed by atoms with van der Waals surface area (Å²) in [5.41, 5.74) is 0.805. The summed E-state index contributed by atoms with van der Waals surface area (Å²) in [6, 6.07) is 0. The van der Waals surface area contributed by atoms with Crippen molar-refractivity contribution in [3.63, 3.8) is 0 Å². The molecule has 0 amide bonds. The molecule has 0 aromatic heterocycles. The summed E-state index contributed by atoms with van der Waals surface area (Å²) < 4.78 is 5.51. The molecule has 0 heterocycles. The van der Waals surface area contributed by atoms with E-state index in [2.05, 4.69) is 20.8 Å². The lowest BCUT2D eigenvalue weighted by Gasteiger charge is -2.64. The van der Waals surface area contributed by atoms with Crippen molar-refractivity contribution >= 4 is 5.78 Å². The van der Waals surface area contributed by atoms with Crippen molar-refractivity contribution in [3.8, 4) is 0 Å². The van der Waals surface area contributed by atoms with E-state index in [9.17, 15) is 4.79 Å². The molecule has 0 saturated heterocycles. The Labute approximate surface area is 167 Å². The van der Waals surface area contributed by atoms with Crippen LogP contribution in [0.25, 0.3) is 0 Å². The number of Topliss-reactive ketones (excluding diaryl/α,β-unsaturated/α-hetero) is 1. The van der Waals surface area contributed by atoms with Gasteiger partial charge < -0.3 is 4.74 Å². The monoisotopic (exact) mass is 374 g/mol. The number of hydrogen-bond donors (Lipinski definition) is 0. The highest BCUT2D eigenvalue weighted by Crippen LogP contribution is 2.66. The van der Waals surface area contributed by atoms with Gasteiger partial charge >= 0.3 is 0 Å². The molecule has 4 fully saturated rings. The third-order valence-electron chi connectivity index (χ3n) is 10.1. The van der Waals surface area contributed by atoms with Gasteiger partial charge in [-0.3, -0.25) is 4.79 Å². The summed E-state index contributed by atoms with van der Waals surface area (Å²) in [6.45, 7) is 10.4. The average Bonchev–Trinajstić information content (AvgIpc) is 2.60. The fraction of sp³-hybridized carbons (Fsp3) is 0.960. The molecule has 0 aromatic carbocycles. The Bertz CT molecular complexity index is 571. The lowest BCUT2D eigenvalue weighted by molar-refractivity contribution is -0.161. The van der Waals surface area contributed by atoms with Crippen LogP contribution >= 0.6 is 0 Å². The van der Waals surface area contributed by atoms with Crippen molar-refractivity contribution in [2.24, 2.45) is 52.3 Å². The van der Waals surface area contributed by atoms with E-state index in [-0.39, 0.29) is 5.41 Å². The van der Waals surface area contributed by atoms with E-state index in [1.807, 2.05) is 14.0 Å². The number of hydrogen-bond acceptors (Lipinski definition) is 2. The molecule has 154 valence electrons. The summed E-state index contributed by atoms with van der Waals surface area (Å²) in [7, 11) is 1.86. The van der Waals surface area contributed by atoms with Crippen LogP contribution in [0.1, 0.15) is 85.5 Å². The third-order valence-corrected chi connectivity index (χ3v) is 10.1. The van der Waals surface area contributed by atoms with Gasteiger partial charge in [-0.15, -0.1) is 0 Å². The van der Waals surface area contributed by atoms with Gasteiger partial charge in [0.1, 0.15) is 5.78 Å². The van der Waals surface area contributed by atoms with E-state index in [0.29, 0.717) is 17.1 Å². The van der Waals surface area contributed by atoms with Crippen LogP contribution in [0.5, 0.6) is 0 Å². The van der Waals surface area contributed by atoms with Gasteiger partial charge in [-0.1, -0.05) is 20.8 Å². The maximum atomic E-state index is 12.5. The molecule has 0 spiro atoms. The van der Waals surface area contributed by atoms with E-state index in [1.165, 1.54) is 51.4 Å². The van der Waals surface area contributed by atoms with Gasteiger partial charge in [0, 0.05) is 19.6 Å². The lowest BCUT2D eigenvalue weighted by atomic mass is 9.41. The van der Waals surface area contributed by atoms with Crippen LogP contribution in [0, 0.1) is 52.3 Å². The predicted octanol–water partition coefficient (Wildman–Crippen LogP) is 6.13. The molecule has 9 unspecified atom stereocenters. The first kappa shape index (κ1) is 19.9. The largest absolute Gasteiger partial charge is 0.384 e. The molecule has 9 atom stereocenters. The SMILES string of the molecule is COCC1CCC2C3CCC4(C)C(C(C)=O)CCC(C)C4C3CCC2(C)C1. The molecule has 0 aromatic rings. The van der Waals surface area contributed by atoms with Crippen LogP contribution in [0.2, 0.25) is 0 Å². The van der Waals surface area contributed by atoms with Crippen molar-refractivity contribution in [1.82, 2.24) is 0 Å². The van der Waals surface area contributed by atoms with E-state index in [0.717, 1.165) is 48.5 Å². The van der Waals surface area contributed by atoms with Crippen molar-refractivity contribution in [3.05, 3.63) is 0 Å². The molecule has 4 aliphatic carbocycles. The predicted molar refractivity (Wildman–Crippen MR) is 110 cm³/mol. The molecule has 0 bridgehead atoms. The highest BCUT2D eigenvalue weighted by Gasteiger charge is 2.59. The molecule has 2 nitrogen and oxygen atoms in total. The highest BCUT2D eigenvalue weighted by atomic mass is 16.5. The first-order valence-electron chi connectivity index (χ1n) is 11.8. The lowest BCUT2D eigenvalue weighted by Crippen LogP contribution is -2.57. The van der Waals surface area contributed by atoms with Crippen molar-refractivity contribution in [1.29, 1.82) is 0 Å². The molecule has 0 N–H and O–H groups in total. The molecule has 4 rings (SSSR count). The fourth-order valence-corrected chi connectivity index (χ4v) is 9.16. The summed E-state index contributed by atoms with van der Waals surface area (Å²) >= 11 is 0. The van der Waals surface area contributed by atoms with Crippen molar-refractivity contribution < 1.29 is 9.53 Å². The highest BCUT2D eigenvalue weighted by molar-refractivity contribution is 5.79. The smallest absolute Gasteiger partial charge is 0.133 e. The fourth-order valence-electron chi connectivity index (χ4n) is 9.16. The van der Waals surface area contributed by atoms with Crippen LogP contribution in [0.3, 0.4) is 0 Å². The van der Waals surface area contributed by atoms with Gasteiger partial charge in [-0.25, -0.2) is 0 Å². The van der Waals surface area contributed by atoms with Gasteiger partial charge in [0.2, 0.25) is 0 Å². The van der Waals surface area contributed by atoms with Gasteiger partial charge in [-0.05, 0) is 111 Å². The van der Waals surface area contributed by atoms with Crippen LogP contribution in [-0.2, 0) is 9.53 Å². The first-order valence-corrected chi connectivity index (χ1v) is 11.8. The summed E-state index contributed by atoms with van der Waals surface area (Å²) in [4.78, 5) is 12.5. The summed E-state index contributed by atoms with van der Waals surface area (Å²) in [5.74, 6) is 5.85. The normalized spacial score (nSPS) is 52.4. The second-order valence-corrected chi connectivity index (χ2v) is 11.5. The van der Waals surface area contributed by atoms with Gasteiger partial charge in [0.05, 0.1) is 0 Å². The first-order chi connectivity index (χ1) is 12.8. The number of ketones is 1. The van der Waals surface area contributed by atoms with Crippen LogP contribution in [0.4, 0.5) is 0 Å². The number of ether oxygens (including phenoxy) is 1. The topological polar surface area (TPSA) is 26.3 Å². The van der Waals surface area contributed by atoms with Crippen LogP contribution < -0.4 is 0 Å². The number of methoxy groups -OCH3 is 1. The molecular formula is C25H42O2. The van der Waals surface area contributed by atoms with E-state index in [4.69, 9.17) is 4.74 Å². The molecule has 27 heavy (non-hydrogen) atoms. The maximum Gasteiger partial charge on any atom is 0.133 e. The Kier molecular flexibility index (Phi) is 5.28. The Hall–Kier alpha value is -0.370. The molecule has 4 aliphatic rings. The number of carbonyl (C=O) groups excluding carboxylic acids is 1. The molecule has 0 radical (unpaired) electrons. The van der Waals surface area contributed by atoms with Gasteiger partial charge in [0.15, 0.2) is 0 Å². The number of carbonyl (C=O) groups is 1. The standard InChI is InChI=1S/C25H42O2/c1-16-6-8-21(17(2)26)25(4)13-11-19-20(23(16)25)10-12-24(3)14-18(15-27-5)7-9-22(19)24/h16,18-23H,6-15H2,1-5H3. The van der Waals surface area contributed by atoms with E-state index >= 15 is 0 Å². The van der Waals surface area contributed by atoms with E-state index in [1.54, 1.807) is 0 Å². The molecule has 4 saturated carbocycles. The Balaban J connectivity index is 1.59. The van der Waals surface area contributed by atoms with Crippen LogP contribution in [0.15, 0.2) is 0 Å². The second-order valence-electron chi connectivity index (χ2n) is 11.5. The number of fused-ring (bicyclic) bond motifs is 5. The quantitative estimate of drug-likeness (QED) is 0.593. The minimum absolute atomic E-state index is 0.270. The zero-order valence-corrected chi connectivity index (χ0v) is 18.4. The zero-order valence-electron chi connectivity index (χ0n) is 18.4. The van der Waals surface area contributed by atoms with E-state index < -0.39 is 0 Å². The minimum atomic E-state index is 0.270. The Morgan fingerprint density at radius 3 is 2.44 bits per heavy atom. The average molecular weight is 375 g/mol. The zero-order chi connectivity index (χ0) is 19.4. The summed E-state index contributed by atoms with van der Waals surface area (Å²) in [6.07, 6.45) is 12.1. The number of rotatable bonds is 3. The van der Waals surface area contributed by atoms with Crippen molar-refractivity contribution in [2.75, 3.05) is 13.7 Å². The van der Waals surface area contributed by atoms with Gasteiger partial charge in [0.25, 0.3) is 0 Å². The van der Waals surface area contributed by atoms with Gasteiger partial charge in [-0.2, -0.15) is 0 Å². The Morgan fingerprint density at radius 1 is 1.00 bits per heavy atom. The Morgan fingerprint density at radius 2 is 1.74 bits per heavy atom. The van der Waals surface area contributed by atoms with Crippen molar-refractivity contribution in [2.45, 2.75) is 85.5 Å². The molecular weight excluding hydrogens is 332 g/mol. The summed E-state index contributed by atoms with van der Waals surface area (Å²) in [5, 5.41) is 0. The third kappa shape index (κ3) is 3.13. The minimum Gasteiger partial charge on any atom is -0.384 e.